The van der Waals surface area contributed by atoms with Gasteiger partial charge in [-0.3, -0.25) is 4.90 Å². The Morgan fingerprint density at radius 1 is 1.00 bits per heavy atom. The van der Waals surface area contributed by atoms with Gasteiger partial charge in [0.1, 0.15) is 0 Å². The van der Waals surface area contributed by atoms with Gasteiger partial charge in [0, 0.05) is 18.4 Å². The van der Waals surface area contributed by atoms with E-state index in [1.54, 1.807) is 0 Å². The molecule has 2 atom stereocenters. The van der Waals surface area contributed by atoms with E-state index in [0.717, 1.165) is 18.4 Å². The molecule has 0 saturated carbocycles. The highest BCUT2D eigenvalue weighted by molar-refractivity contribution is 9.09. The number of ether oxygens (including phenoxy) is 1. The molecule has 0 radical (unpaired) electrons. The van der Waals surface area contributed by atoms with E-state index >= 15 is 0 Å². The van der Waals surface area contributed by atoms with Gasteiger partial charge in [0.05, 0.1) is 12.2 Å². The van der Waals surface area contributed by atoms with E-state index in [1.165, 1.54) is 57.9 Å². The Bertz CT molecular complexity index is 213. The zero-order valence-corrected chi connectivity index (χ0v) is 14.5. The van der Waals surface area contributed by atoms with Crippen molar-refractivity contribution in [1.82, 2.24) is 4.90 Å². The molecule has 1 fully saturated rings. The van der Waals surface area contributed by atoms with Crippen molar-refractivity contribution in [3.05, 3.63) is 0 Å². The predicted octanol–water partition coefficient (Wildman–Crippen LogP) is 4.61. The molecule has 3 heteroatoms. The van der Waals surface area contributed by atoms with E-state index in [9.17, 15) is 0 Å². The molecule has 1 aliphatic heterocycles. The largest absolute Gasteiger partial charge is 0.372 e. The van der Waals surface area contributed by atoms with Gasteiger partial charge in [-0.2, -0.15) is 0 Å². The van der Waals surface area contributed by atoms with Crippen LogP contribution in [-0.2, 0) is 4.74 Å². The van der Waals surface area contributed by atoms with Crippen molar-refractivity contribution in [2.45, 2.75) is 77.4 Å². The summed E-state index contributed by atoms with van der Waals surface area (Å²) in [7, 11) is 0. The summed E-state index contributed by atoms with van der Waals surface area (Å²) in [6, 6.07) is 0. The average Bonchev–Trinajstić information content (AvgIpc) is 2.41. The second kappa shape index (κ2) is 11.1. The van der Waals surface area contributed by atoms with E-state index in [4.69, 9.17) is 4.74 Å². The second-order valence-electron chi connectivity index (χ2n) is 5.96. The minimum Gasteiger partial charge on any atom is -0.372 e. The van der Waals surface area contributed by atoms with E-state index in [1.807, 2.05) is 0 Å². The summed E-state index contributed by atoms with van der Waals surface area (Å²) in [6.07, 6.45) is 12.0. The normalized spacial score (nSPS) is 24.8. The molecule has 2 nitrogen and oxygen atoms in total. The summed E-state index contributed by atoms with van der Waals surface area (Å²) in [5.41, 5.74) is 0. The number of hydrogen-bond acceptors (Lipinski definition) is 2. The summed E-state index contributed by atoms with van der Waals surface area (Å²) in [6.45, 7) is 7.94. The molecule has 0 bridgehead atoms. The minimum atomic E-state index is 0.387. The number of morpholine rings is 1. The molecule has 0 N–H and O–H groups in total. The fourth-order valence-corrected chi connectivity index (χ4v) is 3.24. The molecule has 1 aliphatic rings. The summed E-state index contributed by atoms with van der Waals surface area (Å²) >= 11 is 3.54. The zero-order chi connectivity index (χ0) is 13.9. The van der Waals surface area contributed by atoms with Crippen LogP contribution in [0.5, 0.6) is 0 Å². The van der Waals surface area contributed by atoms with Crippen LogP contribution in [0.1, 0.15) is 65.2 Å². The van der Waals surface area contributed by atoms with Gasteiger partial charge in [-0.1, -0.05) is 67.8 Å². The molecule has 114 valence electrons. The quantitative estimate of drug-likeness (QED) is 0.427. The fourth-order valence-electron chi connectivity index (χ4n) is 2.88. The molecule has 19 heavy (non-hydrogen) atoms. The molecule has 0 spiro atoms. The average molecular weight is 334 g/mol. The van der Waals surface area contributed by atoms with Crippen molar-refractivity contribution in [1.29, 1.82) is 0 Å². The third kappa shape index (κ3) is 8.31. The molecule has 0 aromatic heterocycles. The first-order valence-corrected chi connectivity index (χ1v) is 9.32. The number of unbranched alkanes of at least 4 members (excludes halogenated alkanes) is 7. The highest BCUT2D eigenvalue weighted by Crippen LogP contribution is 2.14. The summed E-state index contributed by atoms with van der Waals surface area (Å²) in [5, 5.41) is 0.964. The van der Waals surface area contributed by atoms with E-state index in [0.29, 0.717) is 12.2 Å². The molecule has 0 aliphatic carbocycles. The Labute approximate surface area is 128 Å². The lowest BCUT2D eigenvalue weighted by Gasteiger charge is -2.36. The molecule has 2 unspecified atom stereocenters. The van der Waals surface area contributed by atoms with Crippen LogP contribution in [0.25, 0.3) is 0 Å². The van der Waals surface area contributed by atoms with Crippen LogP contribution in [0.15, 0.2) is 0 Å². The first-order chi connectivity index (χ1) is 9.26. The smallest absolute Gasteiger partial charge is 0.0802 e. The SMILES string of the molecule is CCCCCCCCCCN1CC(C)OC(CBr)C1. The van der Waals surface area contributed by atoms with Crippen LogP contribution in [0, 0.1) is 0 Å². The van der Waals surface area contributed by atoms with Gasteiger partial charge in [-0.25, -0.2) is 0 Å². The van der Waals surface area contributed by atoms with E-state index < -0.39 is 0 Å². The maximum atomic E-state index is 5.86. The molecule has 0 amide bonds. The topological polar surface area (TPSA) is 12.5 Å². The maximum Gasteiger partial charge on any atom is 0.0802 e. The van der Waals surface area contributed by atoms with Gasteiger partial charge in [-0.05, 0) is 19.9 Å². The van der Waals surface area contributed by atoms with Crippen molar-refractivity contribution >= 4 is 15.9 Å². The van der Waals surface area contributed by atoms with Gasteiger partial charge in [-0.15, -0.1) is 0 Å². The molecule has 1 rings (SSSR count). The lowest BCUT2D eigenvalue weighted by Crippen LogP contribution is -2.47. The minimum absolute atomic E-state index is 0.387. The van der Waals surface area contributed by atoms with E-state index in [-0.39, 0.29) is 0 Å². The fraction of sp³-hybridized carbons (Fsp3) is 1.00. The molecular weight excluding hydrogens is 302 g/mol. The Morgan fingerprint density at radius 3 is 2.26 bits per heavy atom. The molecule has 0 aromatic rings. The van der Waals surface area contributed by atoms with Crippen LogP contribution in [0.3, 0.4) is 0 Å². The number of rotatable bonds is 10. The van der Waals surface area contributed by atoms with Gasteiger partial charge in [0.2, 0.25) is 0 Å². The summed E-state index contributed by atoms with van der Waals surface area (Å²) < 4.78 is 5.86. The maximum absolute atomic E-state index is 5.86. The van der Waals surface area contributed by atoms with Crippen LogP contribution in [0.4, 0.5) is 0 Å². The summed E-state index contributed by atoms with van der Waals surface area (Å²) in [5.74, 6) is 0. The molecule has 0 aromatic carbocycles. The third-order valence-electron chi connectivity index (χ3n) is 3.90. The Kier molecular flexibility index (Phi) is 10.2. The van der Waals surface area contributed by atoms with Gasteiger partial charge in [0.25, 0.3) is 0 Å². The monoisotopic (exact) mass is 333 g/mol. The number of hydrogen-bond donors (Lipinski definition) is 0. The highest BCUT2D eigenvalue weighted by Gasteiger charge is 2.23. The number of alkyl halides is 1. The zero-order valence-electron chi connectivity index (χ0n) is 12.9. The van der Waals surface area contributed by atoms with Gasteiger partial charge >= 0.3 is 0 Å². The second-order valence-corrected chi connectivity index (χ2v) is 6.60. The van der Waals surface area contributed by atoms with Crippen LogP contribution in [0.2, 0.25) is 0 Å². The van der Waals surface area contributed by atoms with Crippen molar-refractivity contribution in [3.63, 3.8) is 0 Å². The highest BCUT2D eigenvalue weighted by atomic mass is 79.9. The lowest BCUT2D eigenvalue weighted by atomic mass is 10.1. The third-order valence-corrected chi connectivity index (χ3v) is 4.62. The standard InChI is InChI=1S/C16H32BrNO/c1-3-4-5-6-7-8-9-10-11-18-13-15(2)19-16(12-17)14-18/h15-16H,3-14H2,1-2H3. The first kappa shape index (κ1) is 17.5. The number of halogens is 1. The van der Waals surface area contributed by atoms with E-state index in [2.05, 4.69) is 34.7 Å². The molecule has 1 saturated heterocycles. The lowest BCUT2D eigenvalue weighted by molar-refractivity contribution is -0.0654. The van der Waals surface area contributed by atoms with Crippen molar-refractivity contribution in [2.75, 3.05) is 25.0 Å². The number of nitrogens with zero attached hydrogens (tertiary/aromatic N) is 1. The Balaban J connectivity index is 1.96. The van der Waals surface area contributed by atoms with Crippen molar-refractivity contribution in [3.8, 4) is 0 Å². The Morgan fingerprint density at radius 2 is 1.63 bits per heavy atom. The molecule has 1 heterocycles. The Hall–Kier alpha value is 0.400. The van der Waals surface area contributed by atoms with Gasteiger partial charge in [0.15, 0.2) is 0 Å². The molecular formula is C16H32BrNO. The van der Waals surface area contributed by atoms with Gasteiger partial charge < -0.3 is 4.74 Å². The summed E-state index contributed by atoms with van der Waals surface area (Å²) in [4.78, 5) is 2.58. The van der Waals surface area contributed by atoms with Crippen molar-refractivity contribution in [2.24, 2.45) is 0 Å². The first-order valence-electron chi connectivity index (χ1n) is 8.20. The van der Waals surface area contributed by atoms with Crippen LogP contribution < -0.4 is 0 Å². The van der Waals surface area contributed by atoms with Crippen LogP contribution in [-0.4, -0.2) is 42.1 Å². The van der Waals surface area contributed by atoms with Crippen molar-refractivity contribution < 1.29 is 4.74 Å². The van der Waals surface area contributed by atoms with Crippen LogP contribution >= 0.6 is 15.9 Å². The predicted molar refractivity (Wildman–Crippen MR) is 87.2 cm³/mol.